The van der Waals surface area contributed by atoms with E-state index >= 15 is 0 Å². The molecule has 0 aliphatic rings. The summed E-state index contributed by atoms with van der Waals surface area (Å²) in [4.78, 5) is 16.8. The normalized spacial score (nSPS) is 10.7. The molecule has 0 fully saturated rings. The molecule has 1 heterocycles. The van der Waals surface area contributed by atoms with Crippen molar-refractivity contribution >= 4 is 22.4 Å². The molecule has 0 spiro atoms. The molecular weight excluding hydrogens is 260 g/mol. The number of nitrogens with two attached hydrogens (primary N) is 1. The van der Waals surface area contributed by atoms with Crippen molar-refractivity contribution in [2.24, 2.45) is 0 Å². The van der Waals surface area contributed by atoms with Crippen LogP contribution in [0.2, 0.25) is 0 Å². The Kier molecular flexibility index (Phi) is 3.65. The summed E-state index contributed by atoms with van der Waals surface area (Å²) in [7, 11) is 0. The highest BCUT2D eigenvalue weighted by atomic mass is 16.1. The van der Waals surface area contributed by atoms with Gasteiger partial charge in [0.1, 0.15) is 0 Å². The van der Waals surface area contributed by atoms with Crippen LogP contribution < -0.4 is 5.73 Å². The van der Waals surface area contributed by atoms with E-state index in [1.165, 1.54) is 0 Å². The number of carbonyl (C=O) groups is 1. The van der Waals surface area contributed by atoms with E-state index < -0.39 is 0 Å². The van der Waals surface area contributed by atoms with E-state index in [9.17, 15) is 4.79 Å². The molecule has 0 atom stereocenters. The van der Waals surface area contributed by atoms with Crippen LogP contribution in [0, 0.1) is 0 Å². The van der Waals surface area contributed by atoms with Gasteiger partial charge in [-0.25, -0.2) is 0 Å². The molecular formula is C18H16N2O. The number of carbonyl (C=O) groups excluding carboxylic acids is 1. The molecule has 104 valence electrons. The lowest BCUT2D eigenvalue weighted by Crippen LogP contribution is -2.03. The SMILES string of the molecule is Nc1cccc(CCC(=O)c2cccc3cccnc23)c1. The maximum absolute atomic E-state index is 12.4. The molecule has 0 aliphatic carbocycles. The van der Waals surface area contributed by atoms with Crippen LogP contribution in [0.25, 0.3) is 10.9 Å². The summed E-state index contributed by atoms with van der Waals surface area (Å²) < 4.78 is 0. The highest BCUT2D eigenvalue weighted by molar-refractivity contribution is 6.06. The van der Waals surface area contributed by atoms with Crippen LogP contribution >= 0.6 is 0 Å². The third-order valence-corrected chi connectivity index (χ3v) is 3.52. The molecule has 0 bridgehead atoms. The third kappa shape index (κ3) is 2.92. The summed E-state index contributed by atoms with van der Waals surface area (Å²) >= 11 is 0. The van der Waals surface area contributed by atoms with Gasteiger partial charge in [-0.3, -0.25) is 9.78 Å². The molecule has 3 rings (SSSR count). The summed E-state index contributed by atoms with van der Waals surface area (Å²) in [6.45, 7) is 0. The first-order chi connectivity index (χ1) is 10.2. The van der Waals surface area contributed by atoms with Gasteiger partial charge < -0.3 is 5.73 Å². The lowest BCUT2D eigenvalue weighted by Gasteiger charge is -2.05. The van der Waals surface area contributed by atoms with Crippen LogP contribution in [0.15, 0.2) is 60.8 Å². The predicted molar refractivity (Wildman–Crippen MR) is 85.2 cm³/mol. The summed E-state index contributed by atoms with van der Waals surface area (Å²) in [5.41, 5.74) is 9.03. The number of aromatic nitrogens is 1. The number of hydrogen-bond donors (Lipinski definition) is 1. The zero-order valence-electron chi connectivity index (χ0n) is 11.6. The highest BCUT2D eigenvalue weighted by Crippen LogP contribution is 2.18. The Morgan fingerprint density at radius 2 is 1.86 bits per heavy atom. The molecule has 3 nitrogen and oxygen atoms in total. The molecule has 0 aliphatic heterocycles. The minimum absolute atomic E-state index is 0.113. The van der Waals surface area contributed by atoms with E-state index in [0.29, 0.717) is 18.4 Å². The van der Waals surface area contributed by atoms with Crippen molar-refractivity contribution in [2.45, 2.75) is 12.8 Å². The molecule has 0 unspecified atom stereocenters. The van der Waals surface area contributed by atoms with Gasteiger partial charge in [0.25, 0.3) is 0 Å². The van der Waals surface area contributed by atoms with Crippen molar-refractivity contribution in [1.29, 1.82) is 0 Å². The molecule has 2 aromatic carbocycles. The van der Waals surface area contributed by atoms with E-state index in [4.69, 9.17) is 5.73 Å². The fourth-order valence-electron chi connectivity index (χ4n) is 2.47. The Balaban J connectivity index is 1.81. The number of aryl methyl sites for hydroxylation is 1. The summed E-state index contributed by atoms with van der Waals surface area (Å²) in [5, 5.41) is 0.993. The largest absolute Gasteiger partial charge is 0.399 e. The second kappa shape index (κ2) is 5.75. The number of rotatable bonds is 4. The zero-order chi connectivity index (χ0) is 14.7. The first-order valence-electron chi connectivity index (χ1n) is 6.95. The first kappa shape index (κ1) is 13.3. The Hall–Kier alpha value is -2.68. The average molecular weight is 276 g/mol. The molecule has 0 radical (unpaired) electrons. The Morgan fingerprint density at radius 3 is 2.71 bits per heavy atom. The van der Waals surface area contributed by atoms with Crippen molar-refractivity contribution in [3.8, 4) is 0 Å². The fraction of sp³-hybridized carbons (Fsp3) is 0.111. The number of anilines is 1. The molecule has 3 heteroatoms. The minimum atomic E-state index is 0.113. The lowest BCUT2D eigenvalue weighted by molar-refractivity contribution is 0.0984. The molecule has 0 amide bonds. The van der Waals surface area contributed by atoms with E-state index in [0.717, 1.165) is 22.2 Å². The van der Waals surface area contributed by atoms with E-state index in [1.807, 2.05) is 54.6 Å². The Labute approximate surface area is 123 Å². The number of pyridine rings is 1. The first-order valence-corrected chi connectivity index (χ1v) is 6.95. The quantitative estimate of drug-likeness (QED) is 0.584. The molecule has 2 N–H and O–H groups in total. The number of nitrogen functional groups attached to an aromatic ring is 1. The van der Waals surface area contributed by atoms with Gasteiger partial charge in [-0.15, -0.1) is 0 Å². The van der Waals surface area contributed by atoms with Crippen LogP contribution in [0.3, 0.4) is 0 Å². The number of ketones is 1. The van der Waals surface area contributed by atoms with Crippen molar-refractivity contribution in [3.05, 3.63) is 71.9 Å². The number of Topliss-reactive ketones (excluding diaryl/α,β-unsaturated/α-hetero) is 1. The summed E-state index contributed by atoms with van der Waals surface area (Å²) in [5.74, 6) is 0.113. The number of para-hydroxylation sites is 1. The second-order valence-electron chi connectivity index (χ2n) is 5.05. The van der Waals surface area contributed by atoms with Crippen LogP contribution in [-0.4, -0.2) is 10.8 Å². The average Bonchev–Trinajstić information content (AvgIpc) is 2.52. The standard InChI is InChI=1S/C18H16N2O/c19-15-7-1-4-13(12-15)9-10-17(21)16-8-2-5-14-6-3-11-20-18(14)16/h1-8,11-12H,9-10,19H2. The van der Waals surface area contributed by atoms with E-state index in [2.05, 4.69) is 4.98 Å². The van der Waals surface area contributed by atoms with Crippen LogP contribution in [0.4, 0.5) is 5.69 Å². The van der Waals surface area contributed by atoms with Gasteiger partial charge in [0.15, 0.2) is 5.78 Å². The number of hydrogen-bond acceptors (Lipinski definition) is 3. The van der Waals surface area contributed by atoms with Gasteiger partial charge in [0, 0.05) is 29.3 Å². The van der Waals surface area contributed by atoms with Gasteiger partial charge in [-0.2, -0.15) is 0 Å². The number of fused-ring (bicyclic) bond motifs is 1. The van der Waals surface area contributed by atoms with Crippen molar-refractivity contribution in [1.82, 2.24) is 4.98 Å². The minimum Gasteiger partial charge on any atom is -0.399 e. The fourth-order valence-corrected chi connectivity index (χ4v) is 2.47. The third-order valence-electron chi connectivity index (χ3n) is 3.52. The van der Waals surface area contributed by atoms with Gasteiger partial charge in [-0.05, 0) is 36.2 Å². The van der Waals surface area contributed by atoms with Gasteiger partial charge in [0.05, 0.1) is 5.52 Å². The maximum Gasteiger partial charge on any atom is 0.165 e. The second-order valence-corrected chi connectivity index (χ2v) is 5.05. The van der Waals surface area contributed by atoms with Crippen molar-refractivity contribution < 1.29 is 4.79 Å². The van der Waals surface area contributed by atoms with Crippen LogP contribution in [0.5, 0.6) is 0 Å². The molecule has 21 heavy (non-hydrogen) atoms. The van der Waals surface area contributed by atoms with Crippen LogP contribution in [-0.2, 0) is 6.42 Å². The highest BCUT2D eigenvalue weighted by Gasteiger charge is 2.10. The predicted octanol–water partition coefficient (Wildman–Crippen LogP) is 3.63. The lowest BCUT2D eigenvalue weighted by atomic mass is 10.0. The maximum atomic E-state index is 12.4. The Bertz CT molecular complexity index is 791. The van der Waals surface area contributed by atoms with Crippen molar-refractivity contribution in [3.63, 3.8) is 0 Å². The number of benzene rings is 2. The number of nitrogens with zero attached hydrogens (tertiary/aromatic N) is 1. The monoisotopic (exact) mass is 276 g/mol. The van der Waals surface area contributed by atoms with Gasteiger partial charge >= 0.3 is 0 Å². The topological polar surface area (TPSA) is 56.0 Å². The van der Waals surface area contributed by atoms with Gasteiger partial charge in [-0.1, -0.05) is 30.3 Å². The van der Waals surface area contributed by atoms with Crippen LogP contribution in [0.1, 0.15) is 22.3 Å². The smallest absolute Gasteiger partial charge is 0.165 e. The van der Waals surface area contributed by atoms with E-state index in [1.54, 1.807) is 6.20 Å². The van der Waals surface area contributed by atoms with Gasteiger partial charge in [0.2, 0.25) is 0 Å². The molecule has 1 aromatic heterocycles. The summed E-state index contributed by atoms with van der Waals surface area (Å²) in [6, 6.07) is 17.2. The summed E-state index contributed by atoms with van der Waals surface area (Å²) in [6.07, 6.45) is 2.86. The Morgan fingerprint density at radius 1 is 1.05 bits per heavy atom. The molecule has 0 saturated heterocycles. The van der Waals surface area contributed by atoms with Crippen molar-refractivity contribution in [2.75, 3.05) is 5.73 Å². The zero-order valence-corrected chi connectivity index (χ0v) is 11.6. The van der Waals surface area contributed by atoms with E-state index in [-0.39, 0.29) is 5.78 Å². The molecule has 0 saturated carbocycles. The molecule has 3 aromatic rings.